The van der Waals surface area contributed by atoms with Gasteiger partial charge in [0.25, 0.3) is 5.82 Å². The van der Waals surface area contributed by atoms with Gasteiger partial charge in [0.15, 0.2) is 0 Å². The van der Waals surface area contributed by atoms with E-state index in [0.717, 1.165) is 6.07 Å². The van der Waals surface area contributed by atoms with Crippen molar-refractivity contribution in [3.8, 4) is 5.75 Å². The van der Waals surface area contributed by atoms with Gasteiger partial charge >= 0.3 is 5.97 Å². The summed E-state index contributed by atoms with van der Waals surface area (Å²) < 4.78 is 0. The first-order chi connectivity index (χ1) is 8.50. The lowest BCUT2D eigenvalue weighted by atomic mass is 10.3. The SMILES string of the molecule is Cc1ccc(N)[nH+]c1.O=C(O)c1ncccc1[O-]. The summed E-state index contributed by atoms with van der Waals surface area (Å²) in [6, 6.07) is 6.37. The van der Waals surface area contributed by atoms with E-state index in [9.17, 15) is 9.90 Å². The summed E-state index contributed by atoms with van der Waals surface area (Å²) in [6.07, 6.45) is 3.14. The van der Waals surface area contributed by atoms with E-state index in [2.05, 4.69) is 9.97 Å². The highest BCUT2D eigenvalue weighted by Crippen LogP contribution is 2.07. The van der Waals surface area contributed by atoms with E-state index in [1.54, 1.807) is 0 Å². The summed E-state index contributed by atoms with van der Waals surface area (Å²) in [5, 5.41) is 18.9. The molecule has 0 aliphatic carbocycles. The third-order valence-corrected chi connectivity index (χ3v) is 1.97. The van der Waals surface area contributed by atoms with Gasteiger partial charge in [-0.25, -0.2) is 14.8 Å². The molecule has 0 fully saturated rings. The van der Waals surface area contributed by atoms with Crippen molar-refractivity contribution in [2.45, 2.75) is 6.92 Å². The Balaban J connectivity index is 0.000000184. The van der Waals surface area contributed by atoms with Crippen LogP contribution >= 0.6 is 0 Å². The van der Waals surface area contributed by atoms with Crippen molar-refractivity contribution >= 4 is 11.8 Å². The van der Waals surface area contributed by atoms with Crippen LogP contribution in [0.4, 0.5) is 5.82 Å². The van der Waals surface area contributed by atoms with E-state index >= 15 is 0 Å². The number of nitrogens with zero attached hydrogens (tertiary/aromatic N) is 1. The molecule has 0 aliphatic rings. The van der Waals surface area contributed by atoms with E-state index in [4.69, 9.17) is 10.8 Å². The highest BCUT2D eigenvalue weighted by atomic mass is 16.4. The molecule has 0 aromatic carbocycles. The summed E-state index contributed by atoms with van der Waals surface area (Å²) in [5.74, 6) is -1.14. The first kappa shape index (κ1) is 13.4. The molecular weight excluding hydrogens is 234 g/mol. The zero-order valence-corrected chi connectivity index (χ0v) is 9.75. The largest absolute Gasteiger partial charge is 0.871 e. The molecule has 0 aliphatic heterocycles. The van der Waals surface area contributed by atoms with E-state index < -0.39 is 17.4 Å². The molecule has 18 heavy (non-hydrogen) atoms. The summed E-state index contributed by atoms with van der Waals surface area (Å²) in [5.41, 5.74) is 6.14. The Bertz CT molecular complexity index is 505. The molecular formula is C12H13N3O3. The summed E-state index contributed by atoms with van der Waals surface area (Å²) in [6.45, 7) is 2.01. The van der Waals surface area contributed by atoms with Crippen LogP contribution in [0.5, 0.6) is 5.75 Å². The number of aromatic amines is 1. The minimum atomic E-state index is -1.29. The molecule has 0 radical (unpaired) electrons. The number of nitrogens with one attached hydrogen (secondary N) is 1. The molecule has 0 amide bonds. The normalized spacial score (nSPS) is 9.17. The Morgan fingerprint density at radius 2 is 2.17 bits per heavy atom. The standard InChI is InChI=1S/C6H8N2.C6H5NO3/c1-5-2-3-6(7)8-4-5;8-4-2-1-3-7-5(4)6(9)10/h2-4H,1H3,(H2,7,8);1-3,8H,(H,9,10). The second-order valence-electron chi connectivity index (χ2n) is 3.48. The number of aromatic nitrogens is 2. The molecule has 0 saturated carbocycles. The third kappa shape index (κ3) is 4.09. The number of rotatable bonds is 1. The number of aromatic carboxylic acids is 1. The lowest BCUT2D eigenvalue weighted by Crippen LogP contribution is -2.08. The van der Waals surface area contributed by atoms with Crippen LogP contribution in [0.15, 0.2) is 36.7 Å². The molecule has 0 spiro atoms. The maximum atomic E-state index is 10.6. The van der Waals surface area contributed by atoms with Crippen LogP contribution in [0, 0.1) is 6.92 Å². The van der Waals surface area contributed by atoms with Gasteiger partial charge in [-0.3, -0.25) is 5.73 Å². The van der Waals surface area contributed by atoms with Crippen LogP contribution in [0.3, 0.4) is 0 Å². The van der Waals surface area contributed by atoms with E-state index in [0.29, 0.717) is 5.82 Å². The number of anilines is 1. The second kappa shape index (κ2) is 6.19. The molecule has 0 unspecified atom stereocenters. The summed E-state index contributed by atoms with van der Waals surface area (Å²) in [7, 11) is 0. The van der Waals surface area contributed by atoms with Crippen LogP contribution in [-0.2, 0) is 0 Å². The molecule has 2 rings (SSSR count). The molecule has 2 aromatic rings. The monoisotopic (exact) mass is 247 g/mol. The lowest BCUT2D eigenvalue weighted by Gasteiger charge is -2.05. The zero-order chi connectivity index (χ0) is 13.5. The van der Waals surface area contributed by atoms with Gasteiger partial charge in [-0.2, -0.15) is 0 Å². The Morgan fingerprint density at radius 3 is 2.56 bits per heavy atom. The number of pyridine rings is 2. The molecule has 2 aromatic heterocycles. The number of hydrogen-bond acceptors (Lipinski definition) is 4. The number of H-pyrrole nitrogens is 1. The average Bonchev–Trinajstić information content (AvgIpc) is 2.34. The zero-order valence-electron chi connectivity index (χ0n) is 9.75. The van der Waals surface area contributed by atoms with Crippen molar-refractivity contribution in [3.05, 3.63) is 47.9 Å². The Kier molecular flexibility index (Phi) is 4.62. The quantitative estimate of drug-likeness (QED) is 0.749. The molecule has 0 atom stereocenters. The van der Waals surface area contributed by atoms with Crippen molar-refractivity contribution in [2.75, 3.05) is 5.73 Å². The molecule has 6 heteroatoms. The fraction of sp³-hybridized carbons (Fsp3) is 0.0833. The molecule has 2 heterocycles. The minimum absolute atomic E-state index is 0.428. The van der Waals surface area contributed by atoms with E-state index in [-0.39, 0.29) is 0 Å². The number of carboxylic acid groups (broad SMARTS) is 1. The van der Waals surface area contributed by atoms with Gasteiger partial charge in [-0.15, -0.1) is 0 Å². The summed E-state index contributed by atoms with van der Waals surface area (Å²) >= 11 is 0. The molecule has 0 bridgehead atoms. The highest BCUT2D eigenvalue weighted by Gasteiger charge is 2.01. The number of hydrogen-bond donors (Lipinski definition) is 2. The number of aryl methyl sites for hydroxylation is 1. The van der Waals surface area contributed by atoms with E-state index in [1.807, 2.05) is 25.3 Å². The topological polar surface area (TPSA) is 113 Å². The van der Waals surface area contributed by atoms with Crippen LogP contribution in [0.1, 0.15) is 16.1 Å². The maximum Gasteiger partial charge on any atom is 0.353 e. The number of nitrogen functional groups attached to an aromatic ring is 1. The molecule has 4 N–H and O–H groups in total. The van der Waals surface area contributed by atoms with Gasteiger partial charge in [0.1, 0.15) is 5.69 Å². The van der Waals surface area contributed by atoms with Crippen molar-refractivity contribution in [2.24, 2.45) is 0 Å². The predicted octanol–water partition coefficient (Wildman–Crippen LogP) is 0.245. The van der Waals surface area contributed by atoms with Gasteiger partial charge in [0.2, 0.25) is 0 Å². The van der Waals surface area contributed by atoms with Crippen molar-refractivity contribution in [1.82, 2.24) is 4.98 Å². The fourth-order valence-electron chi connectivity index (χ4n) is 1.07. The fourth-order valence-corrected chi connectivity index (χ4v) is 1.07. The number of nitrogens with two attached hydrogens (primary N) is 1. The van der Waals surface area contributed by atoms with Crippen molar-refractivity contribution < 1.29 is 20.0 Å². The lowest BCUT2D eigenvalue weighted by molar-refractivity contribution is -0.360. The summed E-state index contributed by atoms with van der Waals surface area (Å²) in [4.78, 5) is 16.4. The highest BCUT2D eigenvalue weighted by molar-refractivity contribution is 5.87. The van der Waals surface area contributed by atoms with E-state index in [1.165, 1.54) is 17.8 Å². The third-order valence-electron chi connectivity index (χ3n) is 1.97. The van der Waals surface area contributed by atoms with Crippen LogP contribution < -0.4 is 15.8 Å². The minimum Gasteiger partial charge on any atom is -0.871 e. The average molecular weight is 247 g/mol. The predicted molar refractivity (Wildman–Crippen MR) is 62.8 cm³/mol. The van der Waals surface area contributed by atoms with Crippen LogP contribution in [0.25, 0.3) is 0 Å². The maximum absolute atomic E-state index is 10.6. The molecule has 0 saturated heterocycles. The van der Waals surface area contributed by atoms with Crippen LogP contribution in [-0.4, -0.2) is 16.1 Å². The van der Waals surface area contributed by atoms with Gasteiger partial charge in [0, 0.05) is 12.3 Å². The first-order valence-corrected chi connectivity index (χ1v) is 5.10. The number of carboxylic acids is 1. The first-order valence-electron chi connectivity index (χ1n) is 5.10. The van der Waals surface area contributed by atoms with Gasteiger partial charge in [-0.1, -0.05) is 11.8 Å². The van der Waals surface area contributed by atoms with Crippen LogP contribution in [0.2, 0.25) is 0 Å². The smallest absolute Gasteiger partial charge is 0.353 e. The Morgan fingerprint density at radius 1 is 1.44 bits per heavy atom. The molecule has 6 nitrogen and oxygen atoms in total. The second-order valence-corrected chi connectivity index (χ2v) is 3.48. The van der Waals surface area contributed by atoms with Crippen molar-refractivity contribution in [1.29, 1.82) is 0 Å². The number of carbonyl (C=O) groups is 1. The van der Waals surface area contributed by atoms with Crippen molar-refractivity contribution in [3.63, 3.8) is 0 Å². The Labute approximate surface area is 104 Å². The van der Waals surface area contributed by atoms with Gasteiger partial charge < -0.3 is 10.2 Å². The van der Waals surface area contributed by atoms with Gasteiger partial charge in [-0.05, 0) is 24.6 Å². The molecule has 94 valence electrons. The Hall–Kier alpha value is -2.63. The van der Waals surface area contributed by atoms with Gasteiger partial charge in [0.05, 0.1) is 6.20 Å².